The molecular weight excluding hydrogens is 340 g/mol. The van der Waals surface area contributed by atoms with E-state index in [1.165, 1.54) is 11.8 Å². The van der Waals surface area contributed by atoms with Crippen molar-refractivity contribution in [3.8, 4) is 11.1 Å². The zero-order chi connectivity index (χ0) is 17.1. The van der Waals surface area contributed by atoms with E-state index in [0.717, 1.165) is 26.4 Å². The molecule has 2 aromatic heterocycles. The fourth-order valence-electron chi connectivity index (χ4n) is 2.31. The average Bonchev–Trinajstić information content (AvgIpc) is 3.00. The van der Waals surface area contributed by atoms with E-state index in [1.807, 2.05) is 39.0 Å². The number of carbonyl (C=O) groups is 1. The third kappa shape index (κ3) is 3.60. The van der Waals surface area contributed by atoms with Crippen LogP contribution in [0, 0.1) is 0 Å². The number of benzene rings is 1. The van der Waals surface area contributed by atoms with Crippen LogP contribution in [-0.2, 0) is 9.53 Å². The molecule has 2 heterocycles. The molecule has 1 aromatic carbocycles. The van der Waals surface area contributed by atoms with Crippen LogP contribution in [0.15, 0.2) is 47.1 Å². The van der Waals surface area contributed by atoms with E-state index in [2.05, 4.69) is 27.5 Å². The maximum Gasteiger partial charge on any atom is 0.319 e. The standard InChI is InChI=1S/C18H18N2O2S2/c1-11(2)22-18(21)12(3)24-17-15-14(13-7-5-4-6-8-13)9-23-16(15)19-10-20-17/h4-12H,1-3H3/t12-/m1/s1. The van der Waals surface area contributed by atoms with Gasteiger partial charge in [0.25, 0.3) is 0 Å². The molecule has 24 heavy (non-hydrogen) atoms. The second-order valence-electron chi connectivity index (χ2n) is 5.62. The van der Waals surface area contributed by atoms with Crippen LogP contribution in [0.5, 0.6) is 0 Å². The van der Waals surface area contributed by atoms with Crippen LogP contribution < -0.4 is 0 Å². The summed E-state index contributed by atoms with van der Waals surface area (Å²) in [6.45, 7) is 5.55. The first-order valence-corrected chi connectivity index (χ1v) is 9.47. The van der Waals surface area contributed by atoms with E-state index in [0.29, 0.717) is 0 Å². The molecule has 0 unspecified atom stereocenters. The third-order valence-corrected chi connectivity index (χ3v) is 5.36. The van der Waals surface area contributed by atoms with Crippen LogP contribution in [-0.4, -0.2) is 27.3 Å². The third-order valence-electron chi connectivity index (χ3n) is 3.39. The highest BCUT2D eigenvalue weighted by Gasteiger charge is 2.21. The Balaban J connectivity index is 1.97. The normalized spacial score (nSPS) is 12.5. The van der Waals surface area contributed by atoms with E-state index in [-0.39, 0.29) is 17.3 Å². The number of nitrogens with zero attached hydrogens (tertiary/aromatic N) is 2. The zero-order valence-corrected chi connectivity index (χ0v) is 15.4. The Hall–Kier alpha value is -1.92. The number of hydrogen-bond acceptors (Lipinski definition) is 6. The van der Waals surface area contributed by atoms with E-state index in [9.17, 15) is 4.79 Å². The molecule has 6 heteroatoms. The smallest absolute Gasteiger partial charge is 0.319 e. The molecule has 0 saturated heterocycles. The summed E-state index contributed by atoms with van der Waals surface area (Å²) in [5.41, 5.74) is 2.22. The molecule has 3 rings (SSSR count). The maximum absolute atomic E-state index is 12.1. The summed E-state index contributed by atoms with van der Waals surface area (Å²) in [5.74, 6) is -0.224. The topological polar surface area (TPSA) is 52.1 Å². The predicted octanol–water partition coefficient (Wildman–Crippen LogP) is 4.79. The van der Waals surface area contributed by atoms with Gasteiger partial charge in [-0.2, -0.15) is 0 Å². The number of esters is 1. The van der Waals surface area contributed by atoms with Gasteiger partial charge in [-0.15, -0.1) is 11.3 Å². The van der Waals surface area contributed by atoms with Crippen molar-refractivity contribution in [2.24, 2.45) is 0 Å². The zero-order valence-electron chi connectivity index (χ0n) is 13.7. The van der Waals surface area contributed by atoms with Gasteiger partial charge in [0.1, 0.15) is 21.4 Å². The number of aromatic nitrogens is 2. The fraction of sp³-hybridized carbons (Fsp3) is 0.278. The number of carbonyl (C=O) groups excluding carboxylic acids is 1. The van der Waals surface area contributed by atoms with Crippen molar-refractivity contribution >= 4 is 39.3 Å². The van der Waals surface area contributed by atoms with E-state index >= 15 is 0 Å². The van der Waals surface area contributed by atoms with E-state index in [4.69, 9.17) is 4.74 Å². The number of ether oxygens (including phenoxy) is 1. The SMILES string of the molecule is CC(C)OC(=O)[C@@H](C)Sc1ncnc2scc(-c3ccccc3)c12. The van der Waals surface area contributed by atoms with Gasteiger partial charge < -0.3 is 4.74 Å². The van der Waals surface area contributed by atoms with Crippen molar-refractivity contribution in [3.63, 3.8) is 0 Å². The summed E-state index contributed by atoms with van der Waals surface area (Å²) in [4.78, 5) is 21.8. The van der Waals surface area contributed by atoms with Crippen molar-refractivity contribution in [3.05, 3.63) is 42.0 Å². The Bertz CT molecular complexity index is 847. The predicted molar refractivity (Wildman–Crippen MR) is 99.4 cm³/mol. The van der Waals surface area contributed by atoms with Gasteiger partial charge in [0.2, 0.25) is 0 Å². The molecule has 1 atom stereocenters. The molecule has 0 N–H and O–H groups in total. The summed E-state index contributed by atoms with van der Waals surface area (Å²) in [6, 6.07) is 10.2. The van der Waals surface area contributed by atoms with Gasteiger partial charge in [0.15, 0.2) is 0 Å². The highest BCUT2D eigenvalue weighted by atomic mass is 32.2. The van der Waals surface area contributed by atoms with Crippen molar-refractivity contribution in [2.75, 3.05) is 0 Å². The van der Waals surface area contributed by atoms with Crippen molar-refractivity contribution < 1.29 is 9.53 Å². The number of fused-ring (bicyclic) bond motifs is 1. The molecular formula is C18H18N2O2S2. The maximum atomic E-state index is 12.1. The first-order valence-electron chi connectivity index (χ1n) is 7.71. The minimum Gasteiger partial charge on any atom is -0.462 e. The van der Waals surface area contributed by atoms with E-state index in [1.54, 1.807) is 17.7 Å². The lowest BCUT2D eigenvalue weighted by Crippen LogP contribution is -2.20. The second-order valence-corrected chi connectivity index (χ2v) is 7.81. The van der Waals surface area contributed by atoms with Crippen LogP contribution in [0.3, 0.4) is 0 Å². The summed E-state index contributed by atoms with van der Waals surface area (Å²) in [5, 5.41) is 3.58. The molecule has 0 radical (unpaired) electrons. The Morgan fingerprint density at radius 2 is 1.92 bits per heavy atom. The summed E-state index contributed by atoms with van der Waals surface area (Å²) < 4.78 is 5.29. The second kappa shape index (κ2) is 7.32. The lowest BCUT2D eigenvalue weighted by atomic mass is 10.1. The van der Waals surface area contributed by atoms with Crippen molar-refractivity contribution in [1.29, 1.82) is 0 Å². The van der Waals surface area contributed by atoms with Crippen molar-refractivity contribution in [2.45, 2.75) is 37.2 Å². The molecule has 0 aliphatic rings. The van der Waals surface area contributed by atoms with Crippen LogP contribution in [0.1, 0.15) is 20.8 Å². The van der Waals surface area contributed by atoms with Crippen LogP contribution in [0.4, 0.5) is 0 Å². The molecule has 0 aliphatic carbocycles. The van der Waals surface area contributed by atoms with Crippen LogP contribution >= 0.6 is 23.1 Å². The summed E-state index contributed by atoms with van der Waals surface area (Å²) in [6.07, 6.45) is 1.43. The molecule has 0 bridgehead atoms. The molecule has 4 nitrogen and oxygen atoms in total. The number of thiophene rings is 1. The van der Waals surface area contributed by atoms with Gasteiger partial charge in [-0.25, -0.2) is 9.97 Å². The number of thioether (sulfide) groups is 1. The lowest BCUT2D eigenvalue weighted by Gasteiger charge is -2.13. The molecule has 0 fully saturated rings. The number of rotatable bonds is 5. The highest BCUT2D eigenvalue weighted by Crippen LogP contribution is 2.38. The van der Waals surface area contributed by atoms with Gasteiger partial charge in [-0.1, -0.05) is 42.1 Å². The Kier molecular flexibility index (Phi) is 5.16. The molecule has 0 saturated carbocycles. The molecule has 3 aromatic rings. The molecule has 0 amide bonds. The minimum absolute atomic E-state index is 0.119. The van der Waals surface area contributed by atoms with E-state index < -0.39 is 0 Å². The van der Waals surface area contributed by atoms with Gasteiger partial charge >= 0.3 is 5.97 Å². The largest absolute Gasteiger partial charge is 0.462 e. The molecule has 0 spiro atoms. The lowest BCUT2D eigenvalue weighted by molar-refractivity contribution is -0.146. The first-order chi connectivity index (χ1) is 11.6. The van der Waals surface area contributed by atoms with Crippen molar-refractivity contribution in [1.82, 2.24) is 9.97 Å². The van der Waals surface area contributed by atoms with Gasteiger partial charge in [-0.05, 0) is 26.3 Å². The highest BCUT2D eigenvalue weighted by molar-refractivity contribution is 8.00. The monoisotopic (exact) mass is 358 g/mol. The van der Waals surface area contributed by atoms with Gasteiger partial charge in [-0.3, -0.25) is 4.79 Å². The van der Waals surface area contributed by atoms with Gasteiger partial charge in [0, 0.05) is 10.9 Å². The minimum atomic E-state index is -0.325. The summed E-state index contributed by atoms with van der Waals surface area (Å²) >= 11 is 3.01. The van der Waals surface area contributed by atoms with Crippen LogP contribution in [0.25, 0.3) is 21.3 Å². The summed E-state index contributed by atoms with van der Waals surface area (Å²) in [7, 11) is 0. The number of hydrogen-bond donors (Lipinski definition) is 0. The fourth-order valence-corrected chi connectivity index (χ4v) is 4.21. The molecule has 0 aliphatic heterocycles. The van der Waals surface area contributed by atoms with Crippen LogP contribution in [0.2, 0.25) is 0 Å². The first kappa shape index (κ1) is 16.9. The Morgan fingerprint density at radius 1 is 1.17 bits per heavy atom. The Morgan fingerprint density at radius 3 is 2.62 bits per heavy atom. The molecule has 124 valence electrons. The van der Waals surface area contributed by atoms with Gasteiger partial charge in [0.05, 0.1) is 11.5 Å². The average molecular weight is 358 g/mol. The Labute approximate surface area is 149 Å². The quantitative estimate of drug-likeness (QED) is 0.373.